The number of phosphoric ester groups is 3. The van der Waals surface area contributed by atoms with Crippen LogP contribution in [-0.4, -0.2) is 126 Å². The zero-order valence-electron chi connectivity index (χ0n) is 30.9. The second kappa shape index (κ2) is 19.9. The van der Waals surface area contributed by atoms with Crippen LogP contribution in [0.25, 0.3) is 16.7 Å². The van der Waals surface area contributed by atoms with Gasteiger partial charge in [0.25, 0.3) is 5.56 Å². The van der Waals surface area contributed by atoms with Crippen LogP contribution >= 0.6 is 23.5 Å². The number of ether oxygens (including phenoxy) is 2. The Bertz CT molecular complexity index is 2070. The molecule has 8 atom stereocenters. The number of methoxy groups -OCH3 is 1. The van der Waals surface area contributed by atoms with Gasteiger partial charge in [-0.1, -0.05) is 6.08 Å². The summed E-state index contributed by atoms with van der Waals surface area (Å²) in [6, 6.07) is 0. The average Bonchev–Trinajstić information content (AvgIpc) is 3.86. The highest BCUT2D eigenvalue weighted by Gasteiger charge is 2.51. The summed E-state index contributed by atoms with van der Waals surface area (Å²) in [7, 11) is -13.2. The fourth-order valence-corrected chi connectivity index (χ4v) is 8.63. The molecule has 2 aliphatic rings. The topological polar surface area (TPSA) is 342 Å². The first-order valence-electron chi connectivity index (χ1n) is 17.6. The summed E-state index contributed by atoms with van der Waals surface area (Å²) in [5, 5.41) is 18.1. The van der Waals surface area contributed by atoms with E-state index in [2.05, 4.69) is 24.9 Å². The van der Waals surface area contributed by atoms with E-state index in [0.29, 0.717) is 24.4 Å². The lowest BCUT2D eigenvalue weighted by molar-refractivity contribution is -0.0587. The van der Waals surface area contributed by atoms with E-state index in [4.69, 9.17) is 52.6 Å². The van der Waals surface area contributed by atoms with Crippen molar-refractivity contribution in [2.24, 2.45) is 5.92 Å². The molecule has 5 rings (SSSR count). The van der Waals surface area contributed by atoms with Crippen LogP contribution < -0.4 is 11.3 Å². The number of nitrogens with one attached hydrogen (secondary N) is 1. The van der Waals surface area contributed by atoms with Gasteiger partial charge in [-0.2, -0.15) is 0 Å². The third kappa shape index (κ3) is 12.1. The van der Waals surface area contributed by atoms with Crippen molar-refractivity contribution in [2.45, 2.75) is 63.6 Å². The van der Waals surface area contributed by atoms with Gasteiger partial charge in [-0.05, 0) is 44.6 Å². The van der Waals surface area contributed by atoms with Crippen molar-refractivity contribution in [3.05, 3.63) is 46.2 Å². The predicted octanol–water partition coefficient (Wildman–Crippen LogP) is 1.28. The van der Waals surface area contributed by atoms with Crippen LogP contribution in [0, 0.1) is 12.8 Å². The van der Waals surface area contributed by atoms with Crippen molar-refractivity contribution in [2.75, 3.05) is 59.1 Å². The molecule has 4 heterocycles. The van der Waals surface area contributed by atoms with Crippen LogP contribution in [0.15, 0.2) is 23.5 Å². The second-order valence-corrected chi connectivity index (χ2v) is 17.2. The number of fused-ring (bicyclic) bond motifs is 2. The Hall–Kier alpha value is -2.86. The van der Waals surface area contributed by atoms with Gasteiger partial charge in [0.05, 0.1) is 45.1 Å². The van der Waals surface area contributed by atoms with E-state index in [0.717, 1.165) is 11.1 Å². The van der Waals surface area contributed by atoms with Gasteiger partial charge in [-0.3, -0.25) is 36.5 Å². The second-order valence-electron chi connectivity index (χ2n) is 12.8. The SMILES string of the molecule is CO[C@H]1C(OP(=O)(O)OCCCO)[C@@H](COP(=O)(O)OCC(CCC2=CCc3c(N)ncnc32)COP(=O)(O)OCCCO)O[C@H]1n1cnc2c(=O)[nH]c(C)nc21. The van der Waals surface area contributed by atoms with E-state index in [9.17, 15) is 33.2 Å². The fourth-order valence-electron chi connectivity index (χ4n) is 6.00. The number of aliphatic hydroxyl groups is 2. The van der Waals surface area contributed by atoms with Crippen LogP contribution in [0.4, 0.5) is 5.82 Å². The summed E-state index contributed by atoms with van der Waals surface area (Å²) in [6.07, 6.45) is 0.126. The van der Waals surface area contributed by atoms with Gasteiger partial charge in [0.15, 0.2) is 17.4 Å². The van der Waals surface area contributed by atoms with E-state index in [1.165, 1.54) is 31.3 Å². The van der Waals surface area contributed by atoms with Crippen molar-refractivity contribution in [3.63, 3.8) is 0 Å². The van der Waals surface area contributed by atoms with Crippen LogP contribution in [0.3, 0.4) is 0 Å². The molecule has 0 bridgehead atoms. The molecule has 8 N–H and O–H groups in total. The zero-order chi connectivity index (χ0) is 41.4. The summed E-state index contributed by atoms with van der Waals surface area (Å²) >= 11 is 0. The monoisotopic (exact) mass is 869 g/mol. The molecule has 24 nitrogen and oxygen atoms in total. The molecular formula is C30H46N7O17P3. The first-order valence-corrected chi connectivity index (χ1v) is 22.1. The number of hydrogen-bond acceptors (Lipinski definition) is 19. The number of nitrogen functional groups attached to an aromatic ring is 1. The highest BCUT2D eigenvalue weighted by Crippen LogP contribution is 2.51. The van der Waals surface area contributed by atoms with Gasteiger partial charge in [0.2, 0.25) is 0 Å². The van der Waals surface area contributed by atoms with Crippen molar-refractivity contribution < 1.29 is 75.2 Å². The van der Waals surface area contributed by atoms with E-state index in [-0.39, 0.29) is 62.7 Å². The maximum atomic E-state index is 13.3. The first kappa shape index (κ1) is 45.2. The Morgan fingerprint density at radius 2 is 1.63 bits per heavy atom. The molecule has 3 aromatic heterocycles. The number of aromatic nitrogens is 6. The molecule has 0 radical (unpaired) electrons. The van der Waals surface area contributed by atoms with Crippen LogP contribution in [0.2, 0.25) is 0 Å². The normalized spacial score (nSPS) is 23.2. The number of nitrogens with two attached hydrogens (primary N) is 1. The number of rotatable bonds is 24. The molecule has 0 spiro atoms. The smallest absolute Gasteiger partial charge is 0.396 e. The number of phosphoric acid groups is 3. The molecule has 1 aliphatic carbocycles. The number of aromatic amines is 1. The highest BCUT2D eigenvalue weighted by molar-refractivity contribution is 7.48. The van der Waals surface area contributed by atoms with Gasteiger partial charge >= 0.3 is 23.5 Å². The quantitative estimate of drug-likeness (QED) is 0.0492. The fraction of sp³-hybridized carbons (Fsp3) is 0.633. The van der Waals surface area contributed by atoms with E-state index >= 15 is 0 Å². The summed E-state index contributed by atoms with van der Waals surface area (Å²) in [5.41, 5.74) is 7.62. The molecule has 0 saturated carbocycles. The van der Waals surface area contributed by atoms with Crippen LogP contribution in [0.1, 0.15) is 49.0 Å². The molecule has 5 unspecified atom stereocenters. The number of anilines is 1. The Morgan fingerprint density at radius 1 is 0.965 bits per heavy atom. The van der Waals surface area contributed by atoms with E-state index in [1.54, 1.807) is 0 Å². The first-order chi connectivity index (χ1) is 27.1. The average molecular weight is 870 g/mol. The minimum atomic E-state index is -5.00. The lowest BCUT2D eigenvalue weighted by Gasteiger charge is -2.25. The molecule has 57 heavy (non-hydrogen) atoms. The summed E-state index contributed by atoms with van der Waals surface area (Å²) in [4.78, 5) is 63.2. The van der Waals surface area contributed by atoms with Crippen molar-refractivity contribution >= 4 is 46.0 Å². The third-order valence-electron chi connectivity index (χ3n) is 8.76. The molecule has 3 aromatic rings. The van der Waals surface area contributed by atoms with Crippen molar-refractivity contribution in [1.82, 2.24) is 29.5 Å². The lowest BCUT2D eigenvalue weighted by atomic mass is 10.00. The molecule has 318 valence electrons. The third-order valence-corrected chi connectivity index (χ3v) is 11.7. The molecule has 1 fully saturated rings. The Labute approximate surface area is 325 Å². The number of allylic oxidation sites excluding steroid dienone is 2. The molecule has 0 amide bonds. The van der Waals surface area contributed by atoms with Crippen molar-refractivity contribution in [1.29, 1.82) is 0 Å². The lowest BCUT2D eigenvalue weighted by Crippen LogP contribution is -2.37. The number of hydrogen-bond donors (Lipinski definition) is 7. The Kier molecular flexibility index (Phi) is 15.8. The zero-order valence-corrected chi connectivity index (χ0v) is 33.6. The van der Waals surface area contributed by atoms with Gasteiger partial charge in [-0.15, -0.1) is 0 Å². The van der Waals surface area contributed by atoms with Gasteiger partial charge in [0, 0.05) is 31.8 Å². The standard InChI is InChI=1S/C30H46N7O17P3/c1-18-35-28-24(29(40)36-18)34-17-37(28)30-26(47-2)25(54-57(45,46)49-12-4-10-39)22(53-30)15-52-56(43,44)51-14-19(13-50-55(41,42)48-11-3-9-38)5-6-20-7-8-21-23(20)32-16-33-27(21)31/h7,16-17,19,22,25-26,30,38-39H,3-6,8-15H2,1-2H3,(H,41,42)(H,43,44)(H,45,46)(H2,31,32,33)(H,35,36,40)/t19?,22-,25?,26+,30-/m1/s1. The maximum Gasteiger partial charge on any atom is 0.472 e. The number of H-pyrrole nitrogens is 1. The summed E-state index contributed by atoms with van der Waals surface area (Å²) in [5.74, 6) is -0.230. The van der Waals surface area contributed by atoms with Gasteiger partial charge in [-0.25, -0.2) is 33.6 Å². The number of nitrogens with zero attached hydrogens (tertiary/aromatic N) is 5. The number of imidazole rings is 1. The molecule has 1 saturated heterocycles. The van der Waals surface area contributed by atoms with Crippen LogP contribution in [0.5, 0.6) is 0 Å². The van der Waals surface area contributed by atoms with Crippen molar-refractivity contribution in [3.8, 4) is 0 Å². The molecule has 0 aromatic carbocycles. The molecular weight excluding hydrogens is 823 g/mol. The Morgan fingerprint density at radius 3 is 2.30 bits per heavy atom. The van der Waals surface area contributed by atoms with E-state index < -0.39 is 79.3 Å². The van der Waals surface area contributed by atoms with Gasteiger partial charge < -0.3 is 45.1 Å². The predicted molar refractivity (Wildman–Crippen MR) is 196 cm³/mol. The van der Waals surface area contributed by atoms with Gasteiger partial charge in [0.1, 0.15) is 36.3 Å². The Balaban J connectivity index is 1.30. The molecule has 1 aliphatic heterocycles. The molecule has 27 heteroatoms. The summed E-state index contributed by atoms with van der Waals surface area (Å²) in [6.45, 7) is -1.48. The number of aliphatic hydroxyl groups excluding tert-OH is 2. The minimum absolute atomic E-state index is 0.0100. The minimum Gasteiger partial charge on any atom is -0.396 e. The maximum absolute atomic E-state index is 13.3. The highest BCUT2D eigenvalue weighted by atomic mass is 31.2. The number of aryl methyl sites for hydroxylation is 1. The van der Waals surface area contributed by atoms with Crippen LogP contribution in [-0.2, 0) is 56.7 Å². The van der Waals surface area contributed by atoms with E-state index in [1.807, 2.05) is 6.08 Å². The largest absolute Gasteiger partial charge is 0.472 e. The summed E-state index contributed by atoms with van der Waals surface area (Å²) < 4.78 is 82.8.